The zero-order valence-corrected chi connectivity index (χ0v) is 18.5. The van der Waals surface area contributed by atoms with Crippen molar-refractivity contribution >= 4 is 44.3 Å². The lowest BCUT2D eigenvalue weighted by atomic mass is 10.1. The molecule has 0 aliphatic carbocycles. The van der Waals surface area contributed by atoms with Gasteiger partial charge in [-0.05, 0) is 33.8 Å². The highest BCUT2D eigenvalue weighted by Gasteiger charge is 2.37. The zero-order valence-electron chi connectivity index (χ0n) is 16.8. The molecule has 0 radical (unpaired) electrons. The highest BCUT2D eigenvalue weighted by molar-refractivity contribution is 8.15. The second kappa shape index (κ2) is 7.30. The van der Waals surface area contributed by atoms with E-state index in [1.807, 2.05) is 11.8 Å². The third-order valence-corrected chi connectivity index (χ3v) is 7.47. The van der Waals surface area contributed by atoms with Crippen LogP contribution < -0.4 is 4.90 Å². The van der Waals surface area contributed by atoms with Crippen LogP contribution in [-0.4, -0.2) is 62.7 Å². The Labute approximate surface area is 176 Å². The molecule has 0 amide bonds. The Kier molecular flexibility index (Phi) is 5.21. The second-order valence-corrected chi connectivity index (χ2v) is 11.2. The number of thioether (sulfide) groups is 1. The Morgan fingerprint density at radius 2 is 1.83 bits per heavy atom. The molecule has 2 atom stereocenters. The first-order valence-electron chi connectivity index (χ1n) is 9.59. The van der Waals surface area contributed by atoms with Gasteiger partial charge < -0.3 is 9.80 Å². The molecule has 4 heterocycles. The highest BCUT2D eigenvalue weighted by atomic mass is 32.2. The van der Waals surface area contributed by atoms with Gasteiger partial charge in [0, 0.05) is 34.8 Å². The van der Waals surface area contributed by atoms with Crippen LogP contribution in [0.4, 0.5) is 19.0 Å². The van der Waals surface area contributed by atoms with E-state index < -0.39 is 12.6 Å². The topological polar surface area (TPSA) is 44.6 Å². The summed E-state index contributed by atoms with van der Waals surface area (Å²) in [4.78, 5) is 18.8. The normalized spacial score (nSPS) is 25.0. The van der Waals surface area contributed by atoms with Crippen LogP contribution in [0.25, 0.3) is 10.2 Å². The Hall–Kier alpha value is -1.55. The number of halogens is 3. The van der Waals surface area contributed by atoms with Crippen molar-refractivity contribution in [3.8, 4) is 0 Å². The average molecular weight is 444 g/mol. The molecular formula is C19H24F3N5S2. The van der Waals surface area contributed by atoms with Crippen molar-refractivity contribution in [3.05, 3.63) is 17.3 Å². The van der Waals surface area contributed by atoms with Gasteiger partial charge in [-0.3, -0.25) is 4.99 Å². The molecule has 2 aliphatic heterocycles. The van der Waals surface area contributed by atoms with Gasteiger partial charge in [0.25, 0.3) is 0 Å². The maximum atomic E-state index is 12.8. The number of fused-ring (bicyclic) bond motifs is 1. The van der Waals surface area contributed by atoms with E-state index in [0.717, 1.165) is 42.0 Å². The standard InChI is InChI=1S/C19H24F3N5S2/c1-11-8-27(17-23-9-18(3,4)29-17)12(2)7-26(11)15-14-5-13(6-19(20,21)22)28-16(14)25-10-24-15/h5,10-12H,6-9H2,1-4H3/t11-,12-/m0/s1. The van der Waals surface area contributed by atoms with Gasteiger partial charge in [0.2, 0.25) is 0 Å². The van der Waals surface area contributed by atoms with E-state index in [1.54, 1.807) is 6.07 Å². The second-order valence-electron chi connectivity index (χ2n) is 8.38. The molecule has 2 aromatic rings. The molecule has 0 bridgehead atoms. The summed E-state index contributed by atoms with van der Waals surface area (Å²) in [6.07, 6.45) is -3.70. The Morgan fingerprint density at radius 3 is 2.48 bits per heavy atom. The Balaban J connectivity index is 1.58. The smallest absolute Gasteiger partial charge is 0.349 e. The molecule has 0 spiro atoms. The number of alkyl halides is 3. The molecule has 5 nitrogen and oxygen atoms in total. The van der Waals surface area contributed by atoms with Crippen molar-refractivity contribution in [2.24, 2.45) is 4.99 Å². The highest BCUT2D eigenvalue weighted by Crippen LogP contribution is 2.38. The number of hydrogen-bond donors (Lipinski definition) is 0. The predicted molar refractivity (Wildman–Crippen MR) is 114 cm³/mol. The minimum atomic E-state index is -4.23. The molecule has 1 saturated heterocycles. The fourth-order valence-corrected chi connectivity index (χ4v) is 5.96. The van der Waals surface area contributed by atoms with E-state index >= 15 is 0 Å². The third-order valence-electron chi connectivity index (χ3n) is 5.20. The Bertz CT molecular complexity index is 940. The Morgan fingerprint density at radius 1 is 1.14 bits per heavy atom. The van der Waals surface area contributed by atoms with Crippen LogP contribution in [0.1, 0.15) is 32.6 Å². The van der Waals surface area contributed by atoms with Crippen molar-refractivity contribution in [3.63, 3.8) is 0 Å². The lowest BCUT2D eigenvalue weighted by Gasteiger charge is -2.45. The van der Waals surface area contributed by atoms with E-state index in [4.69, 9.17) is 4.99 Å². The van der Waals surface area contributed by atoms with Gasteiger partial charge in [-0.15, -0.1) is 11.3 Å². The fraction of sp³-hybridized carbons (Fsp3) is 0.632. The lowest BCUT2D eigenvalue weighted by Crippen LogP contribution is -2.58. The van der Waals surface area contributed by atoms with E-state index in [9.17, 15) is 13.2 Å². The van der Waals surface area contributed by atoms with Gasteiger partial charge in [0.15, 0.2) is 5.17 Å². The van der Waals surface area contributed by atoms with Gasteiger partial charge in [0.1, 0.15) is 17.0 Å². The molecule has 2 aliphatic rings. The quantitative estimate of drug-likeness (QED) is 0.680. The summed E-state index contributed by atoms with van der Waals surface area (Å²) in [5.74, 6) is 0.722. The summed E-state index contributed by atoms with van der Waals surface area (Å²) in [5.41, 5.74) is 0. The number of aromatic nitrogens is 2. The molecule has 0 saturated carbocycles. The first-order chi connectivity index (χ1) is 13.5. The molecule has 2 aromatic heterocycles. The summed E-state index contributed by atoms with van der Waals surface area (Å²) in [6.45, 7) is 11.0. The fourth-order valence-electron chi connectivity index (χ4n) is 3.81. The number of anilines is 1. The molecular weight excluding hydrogens is 419 g/mol. The van der Waals surface area contributed by atoms with E-state index in [1.165, 1.54) is 6.33 Å². The molecule has 4 rings (SSSR count). The number of nitrogens with zero attached hydrogens (tertiary/aromatic N) is 5. The molecule has 10 heteroatoms. The van der Waals surface area contributed by atoms with Gasteiger partial charge in [0.05, 0.1) is 18.4 Å². The molecule has 29 heavy (non-hydrogen) atoms. The minimum Gasteiger partial charge on any atom is -0.349 e. The molecule has 0 N–H and O–H groups in total. The van der Waals surface area contributed by atoms with Gasteiger partial charge in [-0.25, -0.2) is 9.97 Å². The SMILES string of the molecule is C[C@H]1CN(c2ncnc3sc(CC(F)(F)F)cc23)[C@@H](C)CN1C1=NCC(C)(C)S1. The summed E-state index contributed by atoms with van der Waals surface area (Å²) < 4.78 is 38.6. The number of piperazine rings is 1. The van der Waals surface area contributed by atoms with Crippen molar-refractivity contribution in [2.45, 2.75) is 57.1 Å². The number of hydrogen-bond acceptors (Lipinski definition) is 7. The first kappa shape index (κ1) is 20.7. The van der Waals surface area contributed by atoms with Crippen molar-refractivity contribution < 1.29 is 13.2 Å². The van der Waals surface area contributed by atoms with Crippen LogP contribution in [0, 0.1) is 0 Å². The van der Waals surface area contributed by atoms with Crippen LogP contribution in [0.15, 0.2) is 17.4 Å². The number of amidine groups is 1. The van der Waals surface area contributed by atoms with Gasteiger partial charge in [-0.1, -0.05) is 11.8 Å². The summed E-state index contributed by atoms with van der Waals surface area (Å²) >= 11 is 2.91. The summed E-state index contributed by atoms with van der Waals surface area (Å²) in [5, 5.41) is 1.79. The maximum absolute atomic E-state index is 12.8. The van der Waals surface area contributed by atoms with Crippen LogP contribution in [0.3, 0.4) is 0 Å². The van der Waals surface area contributed by atoms with Crippen molar-refractivity contribution in [2.75, 3.05) is 24.5 Å². The molecule has 0 unspecified atom stereocenters. The van der Waals surface area contributed by atoms with E-state index in [-0.39, 0.29) is 21.7 Å². The number of aliphatic imine (C=N–C) groups is 1. The maximum Gasteiger partial charge on any atom is 0.393 e. The van der Waals surface area contributed by atoms with Gasteiger partial charge >= 0.3 is 6.18 Å². The molecule has 158 valence electrons. The first-order valence-corrected chi connectivity index (χ1v) is 11.2. The predicted octanol–water partition coefficient (Wildman–Crippen LogP) is 4.58. The van der Waals surface area contributed by atoms with Crippen LogP contribution in [0.2, 0.25) is 0 Å². The van der Waals surface area contributed by atoms with E-state index in [0.29, 0.717) is 10.2 Å². The monoisotopic (exact) mass is 443 g/mol. The van der Waals surface area contributed by atoms with Crippen LogP contribution >= 0.6 is 23.1 Å². The van der Waals surface area contributed by atoms with Crippen LogP contribution in [0.5, 0.6) is 0 Å². The summed E-state index contributed by atoms with van der Waals surface area (Å²) in [7, 11) is 0. The zero-order chi connectivity index (χ0) is 21.0. The molecule has 1 fully saturated rings. The number of rotatable bonds is 2. The van der Waals surface area contributed by atoms with Crippen molar-refractivity contribution in [1.82, 2.24) is 14.9 Å². The molecule has 0 aromatic carbocycles. The van der Waals surface area contributed by atoms with E-state index in [2.05, 4.69) is 47.5 Å². The summed E-state index contributed by atoms with van der Waals surface area (Å²) in [6, 6.07) is 1.98. The van der Waals surface area contributed by atoms with Crippen LogP contribution in [-0.2, 0) is 6.42 Å². The van der Waals surface area contributed by atoms with Gasteiger partial charge in [-0.2, -0.15) is 13.2 Å². The van der Waals surface area contributed by atoms with Crippen molar-refractivity contribution in [1.29, 1.82) is 0 Å². The largest absolute Gasteiger partial charge is 0.393 e. The number of thiophene rings is 1. The average Bonchev–Trinajstić information content (AvgIpc) is 3.16. The third kappa shape index (κ3) is 4.33. The minimum absolute atomic E-state index is 0.125. The lowest BCUT2D eigenvalue weighted by molar-refractivity contribution is -0.126.